The smallest absolute Gasteiger partial charge is 0.232 e. The van der Waals surface area contributed by atoms with Crippen molar-refractivity contribution in [2.24, 2.45) is 0 Å². The number of carbonyl (C=O) groups excluding carboxylic acids is 1. The van der Waals surface area contributed by atoms with E-state index in [1.165, 1.54) is 0 Å². The number of aromatic nitrogens is 2. The zero-order chi connectivity index (χ0) is 20.4. The predicted octanol–water partition coefficient (Wildman–Crippen LogP) is 3.28. The number of hydrogen-bond acceptors (Lipinski definition) is 7. The molecule has 0 aliphatic carbocycles. The van der Waals surface area contributed by atoms with Crippen molar-refractivity contribution < 1.29 is 23.5 Å². The Morgan fingerprint density at radius 1 is 1.00 bits per heavy atom. The van der Waals surface area contributed by atoms with Gasteiger partial charge in [-0.05, 0) is 42.5 Å². The molecule has 4 rings (SSSR count). The van der Waals surface area contributed by atoms with Gasteiger partial charge in [0.1, 0.15) is 5.75 Å². The van der Waals surface area contributed by atoms with Gasteiger partial charge in [-0.15, -0.1) is 0 Å². The molecule has 0 N–H and O–H groups in total. The maximum Gasteiger partial charge on any atom is 0.232 e. The highest BCUT2D eigenvalue weighted by Gasteiger charge is 2.35. The summed E-state index contributed by atoms with van der Waals surface area (Å²) in [7, 11) is 4.76. The normalized spacial score (nSPS) is 16.2. The van der Waals surface area contributed by atoms with Crippen LogP contribution in [0.3, 0.4) is 0 Å². The van der Waals surface area contributed by atoms with E-state index in [-0.39, 0.29) is 11.8 Å². The number of rotatable bonds is 6. The summed E-state index contributed by atoms with van der Waals surface area (Å²) in [4.78, 5) is 18.8. The summed E-state index contributed by atoms with van der Waals surface area (Å²) < 4.78 is 21.2. The molecule has 1 saturated heterocycles. The lowest BCUT2D eigenvalue weighted by Gasteiger charge is -2.16. The zero-order valence-electron chi connectivity index (χ0n) is 16.4. The van der Waals surface area contributed by atoms with Crippen LogP contribution in [0.1, 0.15) is 18.2 Å². The number of anilines is 1. The van der Waals surface area contributed by atoms with Gasteiger partial charge in [0, 0.05) is 24.2 Å². The highest BCUT2D eigenvalue weighted by atomic mass is 16.5. The Bertz CT molecular complexity index is 1020. The third-order valence-corrected chi connectivity index (χ3v) is 4.94. The van der Waals surface area contributed by atoms with E-state index < -0.39 is 0 Å². The zero-order valence-corrected chi connectivity index (χ0v) is 16.4. The van der Waals surface area contributed by atoms with Crippen molar-refractivity contribution in [1.29, 1.82) is 0 Å². The van der Waals surface area contributed by atoms with Crippen molar-refractivity contribution >= 4 is 11.6 Å². The maximum absolute atomic E-state index is 12.5. The molecule has 1 aliphatic rings. The second-order valence-corrected chi connectivity index (χ2v) is 6.63. The van der Waals surface area contributed by atoms with E-state index in [1.54, 1.807) is 38.4 Å². The van der Waals surface area contributed by atoms with Gasteiger partial charge in [-0.3, -0.25) is 4.79 Å². The van der Waals surface area contributed by atoms with Crippen LogP contribution < -0.4 is 19.1 Å². The van der Waals surface area contributed by atoms with E-state index in [1.807, 2.05) is 30.3 Å². The minimum Gasteiger partial charge on any atom is -0.497 e. The summed E-state index contributed by atoms with van der Waals surface area (Å²) >= 11 is 0. The molecule has 2 heterocycles. The lowest BCUT2D eigenvalue weighted by molar-refractivity contribution is -0.117. The molecule has 1 atom stereocenters. The monoisotopic (exact) mass is 395 g/mol. The molecule has 8 nitrogen and oxygen atoms in total. The minimum absolute atomic E-state index is 0.0195. The number of nitrogens with zero attached hydrogens (tertiary/aromatic N) is 3. The van der Waals surface area contributed by atoms with Crippen LogP contribution in [0.15, 0.2) is 47.0 Å². The summed E-state index contributed by atoms with van der Waals surface area (Å²) in [5.41, 5.74) is 1.56. The lowest BCUT2D eigenvalue weighted by Crippen LogP contribution is -2.24. The second-order valence-electron chi connectivity index (χ2n) is 6.63. The fourth-order valence-corrected chi connectivity index (χ4v) is 3.38. The molecule has 1 fully saturated rings. The van der Waals surface area contributed by atoms with E-state index in [2.05, 4.69) is 10.1 Å². The van der Waals surface area contributed by atoms with Crippen LogP contribution in [0.4, 0.5) is 5.69 Å². The molecule has 150 valence electrons. The summed E-state index contributed by atoms with van der Waals surface area (Å²) in [5.74, 6) is 2.69. The Morgan fingerprint density at radius 2 is 1.76 bits per heavy atom. The number of methoxy groups -OCH3 is 3. The van der Waals surface area contributed by atoms with Crippen LogP contribution in [0.25, 0.3) is 11.4 Å². The topological polar surface area (TPSA) is 86.9 Å². The van der Waals surface area contributed by atoms with Gasteiger partial charge in [-0.25, -0.2) is 0 Å². The van der Waals surface area contributed by atoms with Crippen molar-refractivity contribution in [3.05, 3.63) is 48.4 Å². The molecular weight excluding hydrogens is 374 g/mol. The fourth-order valence-electron chi connectivity index (χ4n) is 3.38. The van der Waals surface area contributed by atoms with Crippen LogP contribution in [0, 0.1) is 0 Å². The first-order chi connectivity index (χ1) is 14.1. The first-order valence-corrected chi connectivity index (χ1v) is 9.13. The summed E-state index contributed by atoms with van der Waals surface area (Å²) in [6.07, 6.45) is 0.319. The van der Waals surface area contributed by atoms with Crippen molar-refractivity contribution in [2.45, 2.75) is 12.3 Å². The van der Waals surface area contributed by atoms with Gasteiger partial charge < -0.3 is 23.6 Å². The molecule has 0 bridgehead atoms. The molecule has 1 aliphatic heterocycles. The molecule has 1 aromatic heterocycles. The van der Waals surface area contributed by atoms with Gasteiger partial charge >= 0.3 is 0 Å². The summed E-state index contributed by atoms with van der Waals surface area (Å²) in [6, 6.07) is 12.8. The van der Waals surface area contributed by atoms with Gasteiger partial charge in [-0.1, -0.05) is 5.16 Å². The molecule has 2 aromatic carbocycles. The highest BCUT2D eigenvalue weighted by molar-refractivity contribution is 5.96. The lowest BCUT2D eigenvalue weighted by atomic mass is 10.1. The predicted molar refractivity (Wildman–Crippen MR) is 106 cm³/mol. The number of amides is 1. The van der Waals surface area contributed by atoms with Crippen molar-refractivity contribution in [3.8, 4) is 28.6 Å². The molecule has 3 aromatic rings. The van der Waals surface area contributed by atoms with E-state index in [0.717, 1.165) is 17.0 Å². The van der Waals surface area contributed by atoms with Crippen LogP contribution in [0.5, 0.6) is 17.2 Å². The summed E-state index contributed by atoms with van der Waals surface area (Å²) in [6.45, 7) is 0.485. The van der Waals surface area contributed by atoms with Crippen molar-refractivity contribution in [2.75, 3.05) is 32.8 Å². The van der Waals surface area contributed by atoms with Crippen LogP contribution in [-0.4, -0.2) is 43.9 Å². The standard InChI is InChI=1S/C21H21N3O5/c1-26-16-7-5-15(6-8-16)24-12-14(11-19(24)25)21-22-20(23-29-21)13-4-9-17(27-2)18(10-13)28-3/h4-10,14H,11-12H2,1-3H3. The molecule has 1 amide bonds. The van der Waals surface area contributed by atoms with E-state index in [9.17, 15) is 4.79 Å². The number of hydrogen-bond donors (Lipinski definition) is 0. The highest BCUT2D eigenvalue weighted by Crippen LogP contribution is 2.34. The number of ether oxygens (including phenoxy) is 3. The Balaban J connectivity index is 1.53. The van der Waals surface area contributed by atoms with Gasteiger partial charge in [0.05, 0.1) is 27.2 Å². The Labute approximate surface area is 168 Å². The van der Waals surface area contributed by atoms with Gasteiger partial charge in [0.2, 0.25) is 17.6 Å². The second kappa shape index (κ2) is 7.83. The average Bonchev–Trinajstić information content (AvgIpc) is 3.40. The summed E-state index contributed by atoms with van der Waals surface area (Å²) in [5, 5.41) is 4.08. The van der Waals surface area contributed by atoms with Crippen LogP contribution in [0.2, 0.25) is 0 Å². The Kier molecular flexibility index (Phi) is 5.07. The average molecular weight is 395 g/mol. The Hall–Kier alpha value is -3.55. The molecule has 1 unspecified atom stereocenters. The van der Waals surface area contributed by atoms with Gasteiger partial charge in [0.25, 0.3) is 0 Å². The first-order valence-electron chi connectivity index (χ1n) is 9.13. The largest absolute Gasteiger partial charge is 0.497 e. The fraction of sp³-hybridized carbons (Fsp3) is 0.286. The molecule has 0 saturated carbocycles. The van der Waals surface area contributed by atoms with Crippen molar-refractivity contribution in [1.82, 2.24) is 10.1 Å². The van der Waals surface area contributed by atoms with Crippen LogP contribution >= 0.6 is 0 Å². The molecule has 29 heavy (non-hydrogen) atoms. The quantitative estimate of drug-likeness (QED) is 0.633. The molecule has 8 heteroatoms. The number of benzene rings is 2. The van der Waals surface area contributed by atoms with Gasteiger partial charge in [-0.2, -0.15) is 4.98 Å². The van der Waals surface area contributed by atoms with Crippen LogP contribution in [-0.2, 0) is 4.79 Å². The third-order valence-electron chi connectivity index (χ3n) is 4.94. The number of carbonyl (C=O) groups is 1. The van der Waals surface area contributed by atoms with E-state index >= 15 is 0 Å². The van der Waals surface area contributed by atoms with E-state index in [0.29, 0.717) is 36.2 Å². The van der Waals surface area contributed by atoms with Crippen molar-refractivity contribution in [3.63, 3.8) is 0 Å². The Morgan fingerprint density at radius 3 is 2.45 bits per heavy atom. The molecule has 0 spiro atoms. The minimum atomic E-state index is -0.161. The first kappa shape index (κ1) is 18.8. The molecular formula is C21H21N3O5. The molecule has 0 radical (unpaired) electrons. The van der Waals surface area contributed by atoms with E-state index in [4.69, 9.17) is 18.7 Å². The van der Waals surface area contributed by atoms with Gasteiger partial charge in [0.15, 0.2) is 11.5 Å². The third kappa shape index (κ3) is 3.61. The SMILES string of the molecule is COc1ccc(N2CC(c3nc(-c4ccc(OC)c(OC)c4)no3)CC2=O)cc1. The maximum atomic E-state index is 12.5.